The van der Waals surface area contributed by atoms with Crippen LogP contribution in [0.2, 0.25) is 0 Å². The second kappa shape index (κ2) is 8.06. The van der Waals surface area contributed by atoms with Gasteiger partial charge in [0.25, 0.3) is 0 Å². The molecular formula is C10H21O. The third-order valence-electron chi connectivity index (χ3n) is 1.64. The van der Waals surface area contributed by atoms with E-state index in [4.69, 9.17) is 4.74 Å². The summed E-state index contributed by atoms with van der Waals surface area (Å²) in [6.45, 7) is 8.36. The Morgan fingerprint density at radius 2 is 1.82 bits per heavy atom. The van der Waals surface area contributed by atoms with Gasteiger partial charge in [0.2, 0.25) is 0 Å². The zero-order chi connectivity index (χ0) is 8.53. The minimum absolute atomic E-state index is 0.909. The summed E-state index contributed by atoms with van der Waals surface area (Å²) in [5.41, 5.74) is 0. The number of ether oxygens (including phenoxy) is 1. The molecule has 0 saturated heterocycles. The molecule has 0 unspecified atom stereocenters. The van der Waals surface area contributed by atoms with Gasteiger partial charge in [0, 0.05) is 13.2 Å². The highest BCUT2D eigenvalue weighted by Crippen LogP contribution is 2.02. The SMILES string of the molecule is CCCCCOCC[C](C)C. The molecule has 0 atom stereocenters. The van der Waals surface area contributed by atoms with E-state index in [-0.39, 0.29) is 0 Å². The Kier molecular flexibility index (Phi) is 8.03. The van der Waals surface area contributed by atoms with Crippen LogP contribution in [-0.2, 0) is 4.74 Å². The lowest BCUT2D eigenvalue weighted by Gasteiger charge is -2.04. The van der Waals surface area contributed by atoms with E-state index in [0.29, 0.717) is 0 Å². The first kappa shape index (κ1) is 11.0. The van der Waals surface area contributed by atoms with Crippen molar-refractivity contribution in [3.8, 4) is 0 Å². The average Bonchev–Trinajstić information content (AvgIpc) is 1.96. The van der Waals surface area contributed by atoms with E-state index < -0.39 is 0 Å². The Hall–Kier alpha value is -0.0400. The van der Waals surface area contributed by atoms with Crippen molar-refractivity contribution in [1.82, 2.24) is 0 Å². The maximum Gasteiger partial charge on any atom is 0.0471 e. The third-order valence-corrected chi connectivity index (χ3v) is 1.64. The van der Waals surface area contributed by atoms with Crippen molar-refractivity contribution in [3.63, 3.8) is 0 Å². The van der Waals surface area contributed by atoms with E-state index in [0.717, 1.165) is 19.6 Å². The Bertz CT molecular complexity index is 69.3. The van der Waals surface area contributed by atoms with Gasteiger partial charge in [-0.3, -0.25) is 0 Å². The lowest BCUT2D eigenvalue weighted by molar-refractivity contribution is 0.130. The topological polar surface area (TPSA) is 9.23 Å². The summed E-state index contributed by atoms with van der Waals surface area (Å²) in [5, 5.41) is 0. The smallest absolute Gasteiger partial charge is 0.0471 e. The first-order valence-electron chi connectivity index (χ1n) is 4.64. The summed E-state index contributed by atoms with van der Waals surface area (Å²) < 4.78 is 5.43. The van der Waals surface area contributed by atoms with Crippen LogP contribution in [0.25, 0.3) is 0 Å². The van der Waals surface area contributed by atoms with E-state index in [1.54, 1.807) is 0 Å². The van der Waals surface area contributed by atoms with Gasteiger partial charge in [-0.05, 0) is 18.8 Å². The molecule has 0 spiro atoms. The molecular weight excluding hydrogens is 136 g/mol. The molecule has 0 aliphatic heterocycles. The summed E-state index contributed by atoms with van der Waals surface area (Å²) in [6, 6.07) is 0. The quantitative estimate of drug-likeness (QED) is 0.516. The number of unbranched alkanes of at least 4 members (excludes halogenated alkanes) is 2. The van der Waals surface area contributed by atoms with Crippen LogP contribution in [0.5, 0.6) is 0 Å². The van der Waals surface area contributed by atoms with Gasteiger partial charge < -0.3 is 4.74 Å². The molecule has 0 bridgehead atoms. The molecule has 67 valence electrons. The first-order valence-corrected chi connectivity index (χ1v) is 4.64. The minimum Gasteiger partial charge on any atom is -0.381 e. The van der Waals surface area contributed by atoms with Gasteiger partial charge in [-0.25, -0.2) is 0 Å². The predicted octanol–water partition coefficient (Wildman–Crippen LogP) is 3.20. The van der Waals surface area contributed by atoms with Gasteiger partial charge in [-0.15, -0.1) is 0 Å². The molecule has 0 aromatic heterocycles. The molecule has 0 saturated carbocycles. The molecule has 1 radical (unpaired) electrons. The number of rotatable bonds is 7. The molecule has 1 nitrogen and oxygen atoms in total. The lowest BCUT2D eigenvalue weighted by Crippen LogP contribution is -1.99. The van der Waals surface area contributed by atoms with Crippen molar-refractivity contribution in [2.24, 2.45) is 0 Å². The Balaban J connectivity index is 2.80. The van der Waals surface area contributed by atoms with E-state index in [2.05, 4.69) is 20.8 Å². The first-order chi connectivity index (χ1) is 5.27. The fourth-order valence-electron chi connectivity index (χ4n) is 0.832. The van der Waals surface area contributed by atoms with Gasteiger partial charge in [0.15, 0.2) is 0 Å². The van der Waals surface area contributed by atoms with Crippen molar-refractivity contribution in [3.05, 3.63) is 5.92 Å². The Labute approximate surface area is 71.1 Å². The Morgan fingerprint density at radius 3 is 2.36 bits per heavy atom. The van der Waals surface area contributed by atoms with Crippen molar-refractivity contribution in [2.45, 2.75) is 46.5 Å². The second-order valence-corrected chi connectivity index (χ2v) is 3.28. The molecule has 0 aromatic carbocycles. The summed E-state index contributed by atoms with van der Waals surface area (Å²) in [7, 11) is 0. The van der Waals surface area contributed by atoms with Crippen LogP contribution in [0.4, 0.5) is 0 Å². The molecule has 0 fully saturated rings. The van der Waals surface area contributed by atoms with Gasteiger partial charge in [-0.2, -0.15) is 0 Å². The van der Waals surface area contributed by atoms with Crippen LogP contribution < -0.4 is 0 Å². The average molecular weight is 157 g/mol. The molecule has 0 aromatic rings. The van der Waals surface area contributed by atoms with Crippen LogP contribution in [0.1, 0.15) is 46.5 Å². The van der Waals surface area contributed by atoms with E-state index in [1.165, 1.54) is 25.2 Å². The summed E-state index contributed by atoms with van der Waals surface area (Å²) in [6.07, 6.45) is 4.92. The van der Waals surface area contributed by atoms with Crippen LogP contribution in [0.3, 0.4) is 0 Å². The van der Waals surface area contributed by atoms with E-state index in [1.807, 2.05) is 0 Å². The van der Waals surface area contributed by atoms with Gasteiger partial charge in [0.05, 0.1) is 0 Å². The fraction of sp³-hybridized carbons (Fsp3) is 0.900. The van der Waals surface area contributed by atoms with Crippen LogP contribution >= 0.6 is 0 Å². The van der Waals surface area contributed by atoms with Crippen molar-refractivity contribution in [1.29, 1.82) is 0 Å². The molecule has 1 heteroatoms. The summed E-state index contributed by atoms with van der Waals surface area (Å²) in [4.78, 5) is 0. The lowest BCUT2D eigenvalue weighted by atomic mass is 10.1. The molecule has 0 rings (SSSR count). The number of hydrogen-bond donors (Lipinski definition) is 0. The van der Waals surface area contributed by atoms with E-state index >= 15 is 0 Å². The summed E-state index contributed by atoms with van der Waals surface area (Å²) >= 11 is 0. The third kappa shape index (κ3) is 9.96. The van der Waals surface area contributed by atoms with Crippen LogP contribution in [0, 0.1) is 5.92 Å². The summed E-state index contributed by atoms with van der Waals surface area (Å²) in [5.74, 6) is 1.46. The normalized spacial score (nSPS) is 10.9. The molecule has 0 aliphatic rings. The van der Waals surface area contributed by atoms with Crippen molar-refractivity contribution < 1.29 is 4.74 Å². The molecule has 0 N–H and O–H groups in total. The standard InChI is InChI=1S/C10H21O/c1-4-5-6-8-11-9-7-10(2)3/h4-9H2,1-3H3. The highest BCUT2D eigenvalue weighted by atomic mass is 16.5. The zero-order valence-corrected chi connectivity index (χ0v) is 8.15. The molecule has 0 heterocycles. The van der Waals surface area contributed by atoms with Crippen molar-refractivity contribution in [2.75, 3.05) is 13.2 Å². The fourth-order valence-corrected chi connectivity index (χ4v) is 0.832. The maximum atomic E-state index is 5.43. The highest BCUT2D eigenvalue weighted by molar-refractivity contribution is 4.75. The maximum absolute atomic E-state index is 5.43. The number of hydrogen-bond acceptors (Lipinski definition) is 1. The van der Waals surface area contributed by atoms with Gasteiger partial charge in [-0.1, -0.05) is 33.6 Å². The van der Waals surface area contributed by atoms with E-state index in [9.17, 15) is 0 Å². The van der Waals surface area contributed by atoms with Crippen LogP contribution in [-0.4, -0.2) is 13.2 Å². The molecule has 0 amide bonds. The highest BCUT2D eigenvalue weighted by Gasteiger charge is 1.93. The predicted molar refractivity (Wildman–Crippen MR) is 49.6 cm³/mol. The second-order valence-electron chi connectivity index (χ2n) is 3.28. The zero-order valence-electron chi connectivity index (χ0n) is 8.15. The largest absolute Gasteiger partial charge is 0.381 e. The molecule has 11 heavy (non-hydrogen) atoms. The minimum atomic E-state index is 0.909. The molecule has 0 aliphatic carbocycles. The van der Waals surface area contributed by atoms with Crippen molar-refractivity contribution >= 4 is 0 Å². The Morgan fingerprint density at radius 1 is 1.09 bits per heavy atom. The van der Waals surface area contributed by atoms with Gasteiger partial charge >= 0.3 is 0 Å². The van der Waals surface area contributed by atoms with Crippen LogP contribution in [0.15, 0.2) is 0 Å². The monoisotopic (exact) mass is 157 g/mol. The van der Waals surface area contributed by atoms with Gasteiger partial charge in [0.1, 0.15) is 0 Å².